The van der Waals surface area contributed by atoms with E-state index in [9.17, 15) is 0 Å². The SMILES string of the molecule is CN=C(NCC1(N2CCOCC2)CCSC1)N1CC(C)CC(C)C1. The molecule has 0 radical (unpaired) electrons. The Bertz CT molecular complexity index is 423. The molecule has 0 saturated carbocycles. The summed E-state index contributed by atoms with van der Waals surface area (Å²) in [7, 11) is 1.93. The maximum atomic E-state index is 5.57. The summed E-state index contributed by atoms with van der Waals surface area (Å²) in [4.78, 5) is 9.73. The lowest BCUT2D eigenvalue weighted by molar-refractivity contribution is -0.0122. The van der Waals surface area contributed by atoms with Crippen LogP contribution in [0.2, 0.25) is 0 Å². The van der Waals surface area contributed by atoms with Crippen molar-refractivity contribution in [1.82, 2.24) is 15.1 Å². The second-order valence-electron chi connectivity index (χ2n) is 7.88. The Labute approximate surface area is 151 Å². The molecule has 3 saturated heterocycles. The monoisotopic (exact) mass is 354 g/mol. The highest BCUT2D eigenvalue weighted by Gasteiger charge is 2.41. The molecule has 3 unspecified atom stereocenters. The van der Waals surface area contributed by atoms with Gasteiger partial charge in [-0.05, 0) is 30.4 Å². The third kappa shape index (κ3) is 4.20. The van der Waals surface area contributed by atoms with Gasteiger partial charge in [-0.25, -0.2) is 0 Å². The summed E-state index contributed by atoms with van der Waals surface area (Å²) < 4.78 is 5.57. The Morgan fingerprint density at radius 1 is 1.25 bits per heavy atom. The van der Waals surface area contributed by atoms with Crippen LogP contribution in [0.15, 0.2) is 4.99 Å². The number of nitrogens with zero attached hydrogens (tertiary/aromatic N) is 3. The van der Waals surface area contributed by atoms with E-state index in [0.29, 0.717) is 0 Å². The molecule has 6 heteroatoms. The molecule has 3 heterocycles. The standard InChI is InChI=1S/C18H34N4OS/c1-15-10-16(2)12-21(11-15)17(19-3)20-13-18(4-9-24-14-18)22-5-7-23-8-6-22/h15-16H,4-14H2,1-3H3,(H,19,20). The molecule has 0 aliphatic carbocycles. The van der Waals surface area contributed by atoms with Gasteiger partial charge in [-0.2, -0.15) is 11.8 Å². The lowest BCUT2D eigenvalue weighted by Crippen LogP contribution is -2.60. The van der Waals surface area contributed by atoms with Crippen molar-refractivity contribution >= 4 is 17.7 Å². The first kappa shape index (κ1) is 18.3. The molecule has 3 rings (SSSR count). The first-order valence-corrected chi connectivity index (χ1v) is 10.6. The molecule has 1 N–H and O–H groups in total. The lowest BCUT2D eigenvalue weighted by Gasteiger charge is -2.44. The summed E-state index contributed by atoms with van der Waals surface area (Å²) in [5, 5.41) is 3.74. The molecule has 138 valence electrons. The van der Waals surface area contributed by atoms with Gasteiger partial charge >= 0.3 is 0 Å². The Hall–Kier alpha value is -0.460. The van der Waals surface area contributed by atoms with Crippen LogP contribution in [-0.4, -0.2) is 85.8 Å². The number of likely N-dealkylation sites (tertiary alicyclic amines) is 1. The Kier molecular flexibility index (Phi) is 6.33. The number of hydrogen-bond acceptors (Lipinski definition) is 4. The number of thioether (sulfide) groups is 1. The number of ether oxygens (including phenoxy) is 1. The van der Waals surface area contributed by atoms with Crippen LogP contribution in [0, 0.1) is 11.8 Å². The summed E-state index contributed by atoms with van der Waals surface area (Å²) in [6.07, 6.45) is 2.61. The molecule has 0 bridgehead atoms. The predicted molar refractivity (Wildman–Crippen MR) is 103 cm³/mol. The molecule has 5 nitrogen and oxygen atoms in total. The minimum absolute atomic E-state index is 0.275. The van der Waals surface area contributed by atoms with Gasteiger partial charge in [0, 0.05) is 51.1 Å². The quantitative estimate of drug-likeness (QED) is 0.618. The summed E-state index contributed by atoms with van der Waals surface area (Å²) in [6, 6.07) is 0. The van der Waals surface area contributed by atoms with Gasteiger partial charge < -0.3 is 15.0 Å². The van der Waals surface area contributed by atoms with Crippen LogP contribution in [0.5, 0.6) is 0 Å². The number of piperidine rings is 1. The average Bonchev–Trinajstić information content (AvgIpc) is 3.05. The lowest BCUT2D eigenvalue weighted by atomic mass is 9.92. The summed E-state index contributed by atoms with van der Waals surface area (Å²) in [5.41, 5.74) is 0.275. The zero-order valence-electron chi connectivity index (χ0n) is 15.6. The average molecular weight is 355 g/mol. The van der Waals surface area contributed by atoms with Crippen molar-refractivity contribution in [2.24, 2.45) is 16.8 Å². The fourth-order valence-corrected chi connectivity index (χ4v) is 6.02. The van der Waals surface area contributed by atoms with Crippen molar-refractivity contribution in [3.63, 3.8) is 0 Å². The van der Waals surface area contributed by atoms with Gasteiger partial charge in [-0.1, -0.05) is 13.8 Å². The second kappa shape index (κ2) is 8.28. The van der Waals surface area contributed by atoms with E-state index >= 15 is 0 Å². The Morgan fingerprint density at radius 2 is 1.96 bits per heavy atom. The van der Waals surface area contributed by atoms with Crippen molar-refractivity contribution in [2.75, 3.05) is 64.5 Å². The highest BCUT2D eigenvalue weighted by molar-refractivity contribution is 7.99. The van der Waals surface area contributed by atoms with Gasteiger partial charge in [0.15, 0.2) is 5.96 Å². The van der Waals surface area contributed by atoms with E-state index in [0.717, 1.165) is 63.7 Å². The van der Waals surface area contributed by atoms with Crippen molar-refractivity contribution in [3.8, 4) is 0 Å². The molecular formula is C18H34N4OS. The van der Waals surface area contributed by atoms with E-state index in [4.69, 9.17) is 4.74 Å². The number of nitrogens with one attached hydrogen (secondary N) is 1. The van der Waals surface area contributed by atoms with Crippen LogP contribution in [0.25, 0.3) is 0 Å². The van der Waals surface area contributed by atoms with Gasteiger partial charge in [0.2, 0.25) is 0 Å². The molecule has 24 heavy (non-hydrogen) atoms. The van der Waals surface area contributed by atoms with E-state index in [1.165, 1.54) is 24.3 Å². The number of guanidine groups is 1. The number of hydrogen-bond donors (Lipinski definition) is 1. The molecule has 0 amide bonds. The van der Waals surface area contributed by atoms with Gasteiger partial charge in [0.25, 0.3) is 0 Å². The minimum atomic E-state index is 0.275. The highest BCUT2D eigenvalue weighted by atomic mass is 32.2. The first-order chi connectivity index (χ1) is 11.6. The van der Waals surface area contributed by atoms with E-state index < -0.39 is 0 Å². The van der Waals surface area contributed by atoms with Crippen molar-refractivity contribution in [2.45, 2.75) is 32.2 Å². The van der Waals surface area contributed by atoms with E-state index in [2.05, 4.69) is 45.7 Å². The van der Waals surface area contributed by atoms with Gasteiger partial charge in [-0.3, -0.25) is 9.89 Å². The van der Waals surface area contributed by atoms with E-state index in [-0.39, 0.29) is 5.54 Å². The topological polar surface area (TPSA) is 40.1 Å². The van der Waals surface area contributed by atoms with Crippen LogP contribution in [-0.2, 0) is 4.74 Å². The van der Waals surface area contributed by atoms with Crippen LogP contribution < -0.4 is 5.32 Å². The molecule has 3 atom stereocenters. The van der Waals surface area contributed by atoms with Crippen molar-refractivity contribution in [3.05, 3.63) is 0 Å². The number of aliphatic imine (C=N–C) groups is 1. The smallest absolute Gasteiger partial charge is 0.193 e. The highest BCUT2D eigenvalue weighted by Crippen LogP contribution is 2.33. The van der Waals surface area contributed by atoms with Crippen molar-refractivity contribution in [1.29, 1.82) is 0 Å². The van der Waals surface area contributed by atoms with Gasteiger partial charge in [0.05, 0.1) is 13.2 Å². The Balaban J connectivity index is 1.62. The summed E-state index contributed by atoms with van der Waals surface area (Å²) in [6.45, 7) is 11.9. The Morgan fingerprint density at radius 3 is 2.54 bits per heavy atom. The minimum Gasteiger partial charge on any atom is -0.379 e. The van der Waals surface area contributed by atoms with E-state index in [1.807, 2.05) is 7.05 Å². The van der Waals surface area contributed by atoms with Crippen molar-refractivity contribution < 1.29 is 4.74 Å². The molecule has 0 spiro atoms. The summed E-state index contributed by atoms with van der Waals surface area (Å²) >= 11 is 2.09. The maximum Gasteiger partial charge on any atom is 0.193 e. The first-order valence-electron chi connectivity index (χ1n) is 9.49. The van der Waals surface area contributed by atoms with Gasteiger partial charge in [0.1, 0.15) is 0 Å². The fraction of sp³-hybridized carbons (Fsp3) is 0.944. The van der Waals surface area contributed by atoms with Crippen LogP contribution in [0.3, 0.4) is 0 Å². The van der Waals surface area contributed by atoms with Crippen LogP contribution >= 0.6 is 11.8 Å². The van der Waals surface area contributed by atoms with E-state index in [1.54, 1.807) is 0 Å². The summed E-state index contributed by atoms with van der Waals surface area (Å²) in [5.74, 6) is 5.10. The van der Waals surface area contributed by atoms with Crippen LogP contribution in [0.1, 0.15) is 26.7 Å². The molecular weight excluding hydrogens is 320 g/mol. The molecule has 0 aromatic rings. The number of rotatable bonds is 3. The fourth-order valence-electron chi connectivity index (χ4n) is 4.55. The number of morpholine rings is 1. The predicted octanol–water partition coefficient (Wildman–Crippen LogP) is 1.75. The zero-order chi connectivity index (χ0) is 17.0. The molecule has 3 aliphatic heterocycles. The molecule has 0 aromatic heterocycles. The largest absolute Gasteiger partial charge is 0.379 e. The van der Waals surface area contributed by atoms with Gasteiger partial charge in [-0.15, -0.1) is 0 Å². The second-order valence-corrected chi connectivity index (χ2v) is 8.98. The normalized spacial score (nSPS) is 36.1. The third-order valence-electron chi connectivity index (χ3n) is 5.72. The molecule has 3 aliphatic rings. The maximum absolute atomic E-state index is 5.57. The van der Waals surface area contributed by atoms with Crippen LogP contribution in [0.4, 0.5) is 0 Å². The molecule has 0 aromatic carbocycles. The zero-order valence-corrected chi connectivity index (χ0v) is 16.4. The molecule has 3 fully saturated rings. The third-order valence-corrected chi connectivity index (χ3v) is 6.95.